The summed E-state index contributed by atoms with van der Waals surface area (Å²) >= 11 is 4.27. The van der Waals surface area contributed by atoms with Crippen LogP contribution in [0.1, 0.15) is 18.9 Å². The number of allylic oxidation sites excluding steroid dienone is 2. The monoisotopic (exact) mass is 394 g/mol. The van der Waals surface area contributed by atoms with Gasteiger partial charge in [-0.3, -0.25) is 4.79 Å². The second kappa shape index (κ2) is 8.75. The smallest absolute Gasteiger partial charge is 0.257 e. The molecule has 2 heterocycles. The molecule has 3 rings (SSSR count). The zero-order chi connectivity index (χ0) is 20.1. The van der Waals surface area contributed by atoms with E-state index in [1.54, 1.807) is 30.1 Å². The van der Waals surface area contributed by atoms with Gasteiger partial charge in [-0.25, -0.2) is 9.50 Å². The number of carbonyl (C=O) groups is 1. The van der Waals surface area contributed by atoms with Gasteiger partial charge in [-0.15, -0.1) is 12.6 Å². The molecule has 0 spiro atoms. The molecule has 1 amide bonds. The number of ether oxygens (including phenoxy) is 1. The highest BCUT2D eigenvalue weighted by atomic mass is 32.1. The van der Waals surface area contributed by atoms with E-state index in [1.807, 2.05) is 37.4 Å². The molecule has 7 heteroatoms. The first kappa shape index (κ1) is 19.7. The third-order valence-corrected chi connectivity index (χ3v) is 4.54. The van der Waals surface area contributed by atoms with E-state index in [0.717, 1.165) is 28.9 Å². The molecule has 28 heavy (non-hydrogen) atoms. The Hall–Kier alpha value is -3.06. The summed E-state index contributed by atoms with van der Waals surface area (Å²) in [5, 5.41) is 7.16. The fraction of sp³-hybridized carbons (Fsp3) is 0.190. The third-order valence-electron chi connectivity index (χ3n) is 4.20. The lowest BCUT2D eigenvalue weighted by Crippen LogP contribution is -2.23. The normalized spacial score (nSPS) is 11.5. The lowest BCUT2D eigenvalue weighted by atomic mass is 10.1. The van der Waals surface area contributed by atoms with Gasteiger partial charge in [0.2, 0.25) is 0 Å². The Balaban J connectivity index is 1.85. The van der Waals surface area contributed by atoms with Crippen LogP contribution in [0.25, 0.3) is 22.3 Å². The first-order chi connectivity index (χ1) is 13.5. The molecular weight excluding hydrogens is 372 g/mol. The van der Waals surface area contributed by atoms with Crippen LogP contribution in [0, 0.1) is 0 Å². The summed E-state index contributed by atoms with van der Waals surface area (Å²) in [5.74, 6) is 0.574. The van der Waals surface area contributed by atoms with Crippen LogP contribution in [0.2, 0.25) is 0 Å². The van der Waals surface area contributed by atoms with Gasteiger partial charge in [0.1, 0.15) is 5.75 Å². The van der Waals surface area contributed by atoms with Gasteiger partial charge in [-0.2, -0.15) is 5.10 Å². The maximum Gasteiger partial charge on any atom is 0.257 e. The molecule has 0 unspecified atom stereocenters. The quantitative estimate of drug-likeness (QED) is 0.364. The van der Waals surface area contributed by atoms with Crippen molar-refractivity contribution in [3.8, 4) is 16.9 Å². The molecule has 0 bridgehead atoms. The number of benzene rings is 1. The first-order valence-corrected chi connectivity index (χ1v) is 9.34. The summed E-state index contributed by atoms with van der Waals surface area (Å²) in [4.78, 5) is 16.8. The minimum absolute atomic E-state index is 0.224. The van der Waals surface area contributed by atoms with Crippen LogP contribution in [0.5, 0.6) is 5.75 Å². The van der Waals surface area contributed by atoms with E-state index in [9.17, 15) is 4.79 Å². The molecule has 1 N–H and O–H groups in total. The van der Waals surface area contributed by atoms with E-state index in [1.165, 1.54) is 0 Å². The Bertz CT molecular complexity index is 1040. The molecule has 3 aromatic rings. The number of hydrogen-bond acceptors (Lipinski definition) is 5. The highest BCUT2D eigenvalue weighted by Gasteiger charge is 2.11. The van der Waals surface area contributed by atoms with Crippen LogP contribution >= 0.6 is 12.6 Å². The van der Waals surface area contributed by atoms with Gasteiger partial charge in [0, 0.05) is 30.1 Å². The highest BCUT2D eigenvalue weighted by Crippen LogP contribution is 2.25. The number of carbonyl (C=O) groups excluding carboxylic acids is 1. The molecule has 0 aliphatic heterocycles. The Morgan fingerprint density at radius 2 is 2.04 bits per heavy atom. The molecule has 1 aromatic carbocycles. The number of nitrogens with one attached hydrogen (secondary N) is 1. The van der Waals surface area contributed by atoms with Crippen molar-refractivity contribution in [3.63, 3.8) is 0 Å². The number of hydrogen-bond donors (Lipinski definition) is 2. The number of nitrogens with zero attached hydrogens (tertiary/aromatic N) is 3. The van der Waals surface area contributed by atoms with Gasteiger partial charge in [0.25, 0.3) is 5.91 Å². The summed E-state index contributed by atoms with van der Waals surface area (Å²) in [6, 6.07) is 7.74. The molecule has 144 valence electrons. The summed E-state index contributed by atoms with van der Waals surface area (Å²) in [6.45, 7) is 6.64. The Labute approximate surface area is 169 Å². The fourth-order valence-corrected chi connectivity index (χ4v) is 2.91. The second-order valence-electron chi connectivity index (χ2n) is 6.21. The first-order valence-electron chi connectivity index (χ1n) is 8.89. The molecular formula is C21H22N4O2S. The van der Waals surface area contributed by atoms with Gasteiger partial charge < -0.3 is 10.1 Å². The van der Waals surface area contributed by atoms with Crippen molar-refractivity contribution in [2.75, 3.05) is 13.7 Å². The predicted octanol–water partition coefficient (Wildman–Crippen LogP) is 3.76. The minimum Gasteiger partial charge on any atom is -0.497 e. The number of rotatable bonds is 7. The zero-order valence-electron chi connectivity index (χ0n) is 15.8. The van der Waals surface area contributed by atoms with E-state index >= 15 is 0 Å². The average Bonchev–Trinajstić information content (AvgIpc) is 3.15. The van der Waals surface area contributed by atoms with E-state index in [-0.39, 0.29) is 5.91 Å². The van der Waals surface area contributed by atoms with Gasteiger partial charge in [0.05, 0.1) is 18.2 Å². The molecule has 0 fully saturated rings. The standard InChI is InChI=1S/C21H22N4O2S/c1-4-9-22-21(26)19(28)10-14(2)18-12-24-25-13-16(11-23-20(18)25)15-5-7-17(27-3)8-6-15/h5-8,10-13,28H,2,4,9H2,1,3H3,(H,22,26). The Morgan fingerprint density at radius 3 is 2.71 bits per heavy atom. The molecule has 0 saturated carbocycles. The second-order valence-corrected chi connectivity index (χ2v) is 6.69. The fourth-order valence-electron chi connectivity index (χ4n) is 2.67. The highest BCUT2D eigenvalue weighted by molar-refractivity contribution is 7.85. The maximum absolute atomic E-state index is 12.0. The number of amides is 1. The molecule has 0 aliphatic rings. The van der Waals surface area contributed by atoms with Gasteiger partial charge in [0.15, 0.2) is 5.65 Å². The topological polar surface area (TPSA) is 68.5 Å². The number of aromatic nitrogens is 3. The van der Waals surface area contributed by atoms with Crippen LogP contribution in [-0.2, 0) is 4.79 Å². The van der Waals surface area contributed by atoms with E-state index in [4.69, 9.17) is 4.74 Å². The van der Waals surface area contributed by atoms with Crippen molar-refractivity contribution in [2.24, 2.45) is 0 Å². The zero-order valence-corrected chi connectivity index (χ0v) is 16.7. The SMILES string of the molecule is C=C(C=C(S)C(=O)NCCC)c1cnn2cc(-c3ccc(OC)cc3)cnc12. The van der Waals surface area contributed by atoms with E-state index in [2.05, 4.69) is 34.6 Å². The molecule has 0 saturated heterocycles. The summed E-state index contributed by atoms with van der Waals surface area (Å²) in [7, 11) is 1.64. The Kier molecular flexibility index (Phi) is 6.16. The average molecular weight is 395 g/mol. The van der Waals surface area contributed by atoms with Gasteiger partial charge >= 0.3 is 0 Å². The van der Waals surface area contributed by atoms with Crippen LogP contribution < -0.4 is 10.1 Å². The van der Waals surface area contributed by atoms with Crippen LogP contribution in [0.4, 0.5) is 0 Å². The lowest BCUT2D eigenvalue weighted by molar-refractivity contribution is -0.116. The van der Waals surface area contributed by atoms with Crippen LogP contribution in [0.3, 0.4) is 0 Å². The van der Waals surface area contributed by atoms with E-state index in [0.29, 0.717) is 22.7 Å². The molecule has 6 nitrogen and oxygen atoms in total. The lowest BCUT2D eigenvalue weighted by Gasteiger charge is -2.05. The van der Waals surface area contributed by atoms with Crippen molar-refractivity contribution in [1.82, 2.24) is 19.9 Å². The van der Waals surface area contributed by atoms with Crippen LogP contribution in [0.15, 0.2) is 60.4 Å². The number of methoxy groups -OCH3 is 1. The van der Waals surface area contributed by atoms with Crippen molar-refractivity contribution in [2.45, 2.75) is 13.3 Å². The predicted molar refractivity (Wildman–Crippen MR) is 114 cm³/mol. The third kappa shape index (κ3) is 4.26. The summed E-state index contributed by atoms with van der Waals surface area (Å²) in [6.07, 6.45) is 7.87. The molecule has 0 atom stereocenters. The molecule has 0 aliphatic carbocycles. The summed E-state index contributed by atoms with van der Waals surface area (Å²) < 4.78 is 6.89. The molecule has 2 aromatic heterocycles. The van der Waals surface area contributed by atoms with Gasteiger partial charge in [-0.05, 0) is 35.8 Å². The van der Waals surface area contributed by atoms with Crippen molar-refractivity contribution >= 4 is 29.8 Å². The minimum atomic E-state index is -0.224. The summed E-state index contributed by atoms with van der Waals surface area (Å²) in [5.41, 5.74) is 3.97. The molecule has 0 radical (unpaired) electrons. The van der Waals surface area contributed by atoms with Crippen LogP contribution in [-0.4, -0.2) is 34.2 Å². The van der Waals surface area contributed by atoms with Crippen molar-refractivity contribution < 1.29 is 9.53 Å². The van der Waals surface area contributed by atoms with Crippen molar-refractivity contribution in [3.05, 3.63) is 66.0 Å². The van der Waals surface area contributed by atoms with E-state index < -0.39 is 0 Å². The Morgan fingerprint density at radius 1 is 1.29 bits per heavy atom. The van der Waals surface area contributed by atoms with Crippen molar-refractivity contribution in [1.29, 1.82) is 0 Å². The van der Waals surface area contributed by atoms with Gasteiger partial charge in [-0.1, -0.05) is 25.6 Å². The number of fused-ring (bicyclic) bond motifs is 1. The number of thiol groups is 1. The maximum atomic E-state index is 12.0. The largest absolute Gasteiger partial charge is 0.497 e.